The molecule has 1 fully saturated rings. The summed E-state index contributed by atoms with van der Waals surface area (Å²) in [4.78, 5) is 8.16. The van der Waals surface area contributed by atoms with Crippen LogP contribution in [0.4, 0.5) is 45.5 Å². The highest BCUT2D eigenvalue weighted by Gasteiger charge is 2.60. The number of anilines is 8. The van der Waals surface area contributed by atoms with E-state index >= 15 is 0 Å². The summed E-state index contributed by atoms with van der Waals surface area (Å²) in [5.41, 5.74) is 25.5. The third-order valence-corrected chi connectivity index (χ3v) is 17.8. The third-order valence-electron chi connectivity index (χ3n) is 17.8. The summed E-state index contributed by atoms with van der Waals surface area (Å²) in [5.74, 6) is 0. The molecule has 0 N–H and O–H groups in total. The molecule has 1 aliphatic carbocycles. The summed E-state index contributed by atoms with van der Waals surface area (Å²) < 4.78 is 0. The van der Waals surface area contributed by atoms with Crippen LogP contribution >= 0.6 is 0 Å². The molecule has 3 aliphatic heterocycles. The van der Waals surface area contributed by atoms with Crippen molar-refractivity contribution in [2.45, 2.75) is 136 Å². The van der Waals surface area contributed by atoms with E-state index in [2.05, 4.69) is 268 Å². The monoisotopic (exact) mass is 954 g/mol. The van der Waals surface area contributed by atoms with Gasteiger partial charge in [0.2, 0.25) is 0 Å². The van der Waals surface area contributed by atoms with Crippen LogP contribution in [0.2, 0.25) is 0 Å². The van der Waals surface area contributed by atoms with E-state index in [0.29, 0.717) is 0 Å². The molecule has 4 aliphatic rings. The van der Waals surface area contributed by atoms with Crippen molar-refractivity contribution < 1.29 is 0 Å². The second-order valence-corrected chi connectivity index (χ2v) is 25.3. The van der Waals surface area contributed by atoms with Gasteiger partial charge in [-0.1, -0.05) is 198 Å². The smallest absolute Gasteiger partial charge is 0.252 e. The van der Waals surface area contributed by atoms with Gasteiger partial charge in [-0.2, -0.15) is 0 Å². The van der Waals surface area contributed by atoms with Crippen LogP contribution in [-0.4, -0.2) is 12.3 Å². The van der Waals surface area contributed by atoms with E-state index in [1.165, 1.54) is 125 Å². The van der Waals surface area contributed by atoms with E-state index in [1.54, 1.807) is 0 Å². The maximum Gasteiger partial charge on any atom is 0.252 e. The largest absolute Gasteiger partial charge is 0.334 e. The number of rotatable bonds is 6. The summed E-state index contributed by atoms with van der Waals surface area (Å²) in [6.45, 7) is 28.5. The molecular formula is C69H72BN3. The number of hydrogen-bond donors (Lipinski definition) is 0. The molecule has 0 bridgehead atoms. The van der Waals surface area contributed by atoms with Gasteiger partial charge >= 0.3 is 0 Å². The number of benzene rings is 8. The molecule has 1 saturated carbocycles. The van der Waals surface area contributed by atoms with Crippen molar-refractivity contribution in [3.63, 3.8) is 0 Å². The predicted molar refractivity (Wildman–Crippen MR) is 315 cm³/mol. The second-order valence-electron chi connectivity index (χ2n) is 25.3. The van der Waals surface area contributed by atoms with Gasteiger partial charge in [0, 0.05) is 50.7 Å². The van der Waals surface area contributed by atoms with E-state index < -0.39 is 0 Å². The Morgan fingerprint density at radius 3 is 1.51 bits per heavy atom. The number of aryl methyl sites for hydroxylation is 1. The SMILES string of the molecule is CCc1ccc2c(c1)C1(C)CCCC1(C)N2c1cc2c3c(c1)N(c1ccc(C(C)(C)C)cc1-c1ccccc1)c1cc(C(C)(C)C)ccc1B3c1ccccc1N2c1ccc(C(C)(C)C)cc1-c1ccccc1. The average Bonchev–Trinajstić information content (AvgIpc) is 3.80. The molecule has 3 heterocycles. The van der Waals surface area contributed by atoms with Gasteiger partial charge in [-0.3, -0.25) is 0 Å². The highest BCUT2D eigenvalue weighted by Crippen LogP contribution is 2.63. The summed E-state index contributed by atoms with van der Waals surface area (Å²) in [6, 6.07) is 66.2. The molecule has 0 amide bonds. The minimum Gasteiger partial charge on any atom is -0.334 e. The molecule has 0 aromatic heterocycles. The topological polar surface area (TPSA) is 9.72 Å². The lowest BCUT2D eigenvalue weighted by Crippen LogP contribution is -2.61. The molecule has 0 spiro atoms. The normalized spacial score (nSPS) is 18.8. The van der Waals surface area contributed by atoms with Gasteiger partial charge in [0.05, 0.1) is 16.9 Å². The van der Waals surface area contributed by atoms with Gasteiger partial charge in [0.25, 0.3) is 6.71 Å². The quantitative estimate of drug-likeness (QED) is 0.154. The molecule has 8 aromatic carbocycles. The van der Waals surface area contributed by atoms with Crippen LogP contribution in [0.15, 0.2) is 170 Å². The highest BCUT2D eigenvalue weighted by molar-refractivity contribution is 7.00. The summed E-state index contributed by atoms with van der Waals surface area (Å²) in [6.07, 6.45) is 4.53. The van der Waals surface area contributed by atoms with Crippen LogP contribution in [0.1, 0.15) is 130 Å². The zero-order valence-electron chi connectivity index (χ0n) is 45.4. The van der Waals surface area contributed by atoms with Crippen LogP contribution in [0.25, 0.3) is 22.3 Å². The molecule has 73 heavy (non-hydrogen) atoms. The van der Waals surface area contributed by atoms with E-state index in [4.69, 9.17) is 0 Å². The summed E-state index contributed by atoms with van der Waals surface area (Å²) in [7, 11) is 0. The van der Waals surface area contributed by atoms with Crippen LogP contribution in [-0.2, 0) is 28.1 Å². The number of nitrogens with zero attached hydrogens (tertiary/aromatic N) is 3. The van der Waals surface area contributed by atoms with Crippen LogP contribution < -0.4 is 31.1 Å². The molecule has 366 valence electrons. The molecule has 12 rings (SSSR count). The van der Waals surface area contributed by atoms with Crippen molar-refractivity contribution >= 4 is 68.6 Å². The first-order valence-electron chi connectivity index (χ1n) is 27.2. The zero-order valence-corrected chi connectivity index (χ0v) is 45.4. The molecule has 3 nitrogen and oxygen atoms in total. The first-order valence-corrected chi connectivity index (χ1v) is 27.2. The van der Waals surface area contributed by atoms with Gasteiger partial charge in [-0.15, -0.1) is 0 Å². The minimum atomic E-state index is -0.136. The van der Waals surface area contributed by atoms with E-state index in [9.17, 15) is 0 Å². The fourth-order valence-electron chi connectivity index (χ4n) is 13.4. The third kappa shape index (κ3) is 7.28. The Bertz CT molecular complexity index is 3480. The standard InChI is InChI=1S/C69H72BN3/c1-13-45-29-34-59-54(39-45)68(11)37-22-38-69(68,12)73(59)51-43-62-64-63(44-51)72(58-36-32-49(66(5,6)7)41-53(58)47-25-18-15-19-26-47)61-42-50(67(8,9)10)30-33-56(61)70(64)55-27-20-21-28-60(55)71(62)57-35-31-48(65(2,3)4)40-52(57)46-23-16-14-17-24-46/h14-21,23-36,39-44H,13,22,37-38H2,1-12H3. The first kappa shape index (κ1) is 47.2. The zero-order chi connectivity index (χ0) is 51.0. The molecule has 0 saturated heterocycles. The highest BCUT2D eigenvalue weighted by atomic mass is 15.3. The molecule has 2 unspecified atom stereocenters. The maximum atomic E-state index is 2.81. The first-order chi connectivity index (χ1) is 34.8. The fraction of sp³-hybridized carbons (Fsp3) is 0.304. The Balaban J connectivity index is 1.24. The lowest BCUT2D eigenvalue weighted by molar-refractivity contribution is 0.330. The van der Waals surface area contributed by atoms with Crippen molar-refractivity contribution in [1.82, 2.24) is 0 Å². The van der Waals surface area contributed by atoms with Crippen molar-refractivity contribution in [1.29, 1.82) is 0 Å². The second kappa shape index (κ2) is 16.6. The van der Waals surface area contributed by atoms with Crippen LogP contribution in [0, 0.1) is 0 Å². The minimum absolute atomic E-state index is 0.00407. The van der Waals surface area contributed by atoms with Crippen LogP contribution in [0.5, 0.6) is 0 Å². The van der Waals surface area contributed by atoms with E-state index in [-0.39, 0.29) is 33.9 Å². The Morgan fingerprint density at radius 1 is 0.452 bits per heavy atom. The van der Waals surface area contributed by atoms with E-state index in [1.807, 2.05) is 0 Å². The fourth-order valence-corrected chi connectivity index (χ4v) is 13.4. The van der Waals surface area contributed by atoms with Gasteiger partial charge in [0.15, 0.2) is 0 Å². The van der Waals surface area contributed by atoms with Gasteiger partial charge in [0.1, 0.15) is 0 Å². The van der Waals surface area contributed by atoms with Crippen molar-refractivity contribution in [3.05, 3.63) is 198 Å². The number of fused-ring (bicyclic) bond motifs is 7. The lowest BCUT2D eigenvalue weighted by Gasteiger charge is -2.47. The molecule has 2 atom stereocenters. The number of para-hydroxylation sites is 1. The Hall–Kier alpha value is -6.78. The Labute approximate surface area is 437 Å². The van der Waals surface area contributed by atoms with Gasteiger partial charge in [-0.25, -0.2) is 0 Å². The Morgan fingerprint density at radius 2 is 0.945 bits per heavy atom. The van der Waals surface area contributed by atoms with Gasteiger partial charge in [-0.05, 0) is 152 Å². The molecule has 8 aromatic rings. The maximum absolute atomic E-state index is 2.81. The molecular weight excluding hydrogens is 882 g/mol. The summed E-state index contributed by atoms with van der Waals surface area (Å²) in [5, 5.41) is 0. The van der Waals surface area contributed by atoms with E-state index in [0.717, 1.165) is 12.8 Å². The molecule has 4 heteroatoms. The predicted octanol–water partition coefficient (Wildman–Crippen LogP) is 16.9. The molecule has 0 radical (unpaired) electrons. The number of hydrogen-bond acceptors (Lipinski definition) is 3. The van der Waals surface area contributed by atoms with Crippen LogP contribution in [0.3, 0.4) is 0 Å². The lowest BCUT2D eigenvalue weighted by atomic mass is 9.33. The van der Waals surface area contributed by atoms with Crippen molar-refractivity contribution in [2.24, 2.45) is 0 Å². The van der Waals surface area contributed by atoms with Crippen molar-refractivity contribution in [2.75, 3.05) is 14.7 Å². The van der Waals surface area contributed by atoms with Crippen molar-refractivity contribution in [3.8, 4) is 22.3 Å². The summed E-state index contributed by atoms with van der Waals surface area (Å²) >= 11 is 0. The Kier molecular flexibility index (Phi) is 10.8. The van der Waals surface area contributed by atoms with Gasteiger partial charge < -0.3 is 14.7 Å². The average molecular weight is 954 g/mol.